The Morgan fingerprint density at radius 1 is 0.322 bits per heavy atom. The maximum absolute atomic E-state index is 2.49. The fourth-order valence-corrected chi connectivity index (χ4v) is 9.94. The normalized spacial score (nSPS) is 15.6. The molecule has 0 bridgehead atoms. The lowest BCUT2D eigenvalue weighted by Gasteiger charge is -2.42. The molecule has 10 rings (SSSR count). The standard InChI is InChI=1S/C57H52N2/c1-55(2)34-35-56(3,4)54-38-48(31-33-52(54)55)59(47-30-32-50-49-18-12-13-19-51(49)57(5,6)53(50)37-47)45-27-22-41(23-28-45)40-20-25-44(26-21-40)58(43-16-8-7-9-17-43)46-29-24-39-14-10-11-15-42(39)36-46/h7-33,36-38H,34-35H2,1-6H3. The molecule has 0 radical (unpaired) electrons. The monoisotopic (exact) mass is 764 g/mol. The summed E-state index contributed by atoms with van der Waals surface area (Å²) in [6.45, 7) is 14.4. The van der Waals surface area contributed by atoms with E-state index in [1.165, 1.54) is 79.5 Å². The third-order valence-corrected chi connectivity index (χ3v) is 13.5. The average molecular weight is 765 g/mol. The van der Waals surface area contributed by atoms with Crippen molar-refractivity contribution < 1.29 is 0 Å². The van der Waals surface area contributed by atoms with E-state index in [1.807, 2.05) is 0 Å². The van der Waals surface area contributed by atoms with Gasteiger partial charge in [-0.2, -0.15) is 0 Å². The Morgan fingerprint density at radius 3 is 1.46 bits per heavy atom. The number of hydrogen-bond acceptors (Lipinski definition) is 2. The number of fused-ring (bicyclic) bond motifs is 5. The van der Waals surface area contributed by atoms with Gasteiger partial charge in [0.15, 0.2) is 0 Å². The van der Waals surface area contributed by atoms with Crippen LogP contribution in [0.4, 0.5) is 34.1 Å². The van der Waals surface area contributed by atoms with E-state index >= 15 is 0 Å². The molecule has 8 aromatic carbocycles. The van der Waals surface area contributed by atoms with Gasteiger partial charge >= 0.3 is 0 Å². The predicted octanol–water partition coefficient (Wildman–Crippen LogP) is 16.1. The predicted molar refractivity (Wildman–Crippen MR) is 252 cm³/mol. The summed E-state index contributed by atoms with van der Waals surface area (Å²) in [5.41, 5.74) is 17.9. The molecule has 2 aliphatic rings. The summed E-state index contributed by atoms with van der Waals surface area (Å²) in [5, 5.41) is 2.47. The van der Waals surface area contributed by atoms with Crippen LogP contribution in [0.3, 0.4) is 0 Å². The first-order valence-corrected chi connectivity index (χ1v) is 21.2. The maximum atomic E-state index is 2.49. The number of anilines is 6. The molecule has 2 aliphatic carbocycles. The zero-order valence-electron chi connectivity index (χ0n) is 35.1. The van der Waals surface area contributed by atoms with Gasteiger partial charge in [0.25, 0.3) is 0 Å². The third kappa shape index (κ3) is 6.34. The summed E-state index contributed by atoms with van der Waals surface area (Å²) < 4.78 is 0. The minimum Gasteiger partial charge on any atom is -0.310 e. The van der Waals surface area contributed by atoms with Crippen LogP contribution in [0.1, 0.15) is 76.6 Å². The number of hydrogen-bond donors (Lipinski definition) is 0. The Balaban J connectivity index is 1.03. The molecule has 0 aliphatic heterocycles. The summed E-state index contributed by atoms with van der Waals surface area (Å²) in [4.78, 5) is 4.82. The molecule has 2 nitrogen and oxygen atoms in total. The molecule has 0 amide bonds. The largest absolute Gasteiger partial charge is 0.310 e. The highest BCUT2D eigenvalue weighted by atomic mass is 15.1. The van der Waals surface area contributed by atoms with Crippen LogP contribution < -0.4 is 9.80 Å². The molecule has 0 N–H and O–H groups in total. The van der Waals surface area contributed by atoms with Crippen LogP contribution in [0.15, 0.2) is 182 Å². The molecular formula is C57H52N2. The quantitative estimate of drug-likeness (QED) is 0.159. The second-order valence-electron chi connectivity index (χ2n) is 18.5. The van der Waals surface area contributed by atoms with E-state index in [0.29, 0.717) is 0 Å². The van der Waals surface area contributed by atoms with Gasteiger partial charge in [0.05, 0.1) is 0 Å². The Kier molecular flexibility index (Phi) is 8.69. The Hall–Kier alpha value is -6.38. The number of para-hydroxylation sites is 1. The molecule has 0 unspecified atom stereocenters. The Bertz CT molecular complexity index is 2840. The summed E-state index contributed by atoms with van der Waals surface area (Å²) in [6.07, 6.45) is 2.38. The van der Waals surface area contributed by atoms with Crippen LogP contribution in [0.2, 0.25) is 0 Å². The van der Waals surface area contributed by atoms with Crippen LogP contribution >= 0.6 is 0 Å². The summed E-state index contributed by atoms with van der Waals surface area (Å²) in [5.74, 6) is 0. The molecule has 0 saturated heterocycles. The molecular weight excluding hydrogens is 713 g/mol. The van der Waals surface area contributed by atoms with E-state index in [0.717, 1.165) is 22.7 Å². The zero-order chi connectivity index (χ0) is 40.5. The molecule has 0 atom stereocenters. The van der Waals surface area contributed by atoms with Crippen LogP contribution in [0, 0.1) is 0 Å². The zero-order valence-corrected chi connectivity index (χ0v) is 35.1. The second kappa shape index (κ2) is 13.9. The van der Waals surface area contributed by atoms with Gasteiger partial charge in [0.1, 0.15) is 0 Å². The molecule has 59 heavy (non-hydrogen) atoms. The minimum absolute atomic E-state index is 0.0874. The van der Waals surface area contributed by atoms with Crippen LogP contribution in [0.25, 0.3) is 33.0 Å². The molecule has 0 heterocycles. The average Bonchev–Trinajstić information content (AvgIpc) is 3.49. The van der Waals surface area contributed by atoms with Crippen LogP contribution in [0.5, 0.6) is 0 Å². The fraction of sp³-hybridized carbons (Fsp3) is 0.193. The van der Waals surface area contributed by atoms with Crippen molar-refractivity contribution >= 4 is 44.9 Å². The summed E-state index contributed by atoms with van der Waals surface area (Å²) in [7, 11) is 0. The molecule has 8 aromatic rings. The van der Waals surface area contributed by atoms with Crippen molar-refractivity contribution in [2.45, 2.75) is 70.6 Å². The Labute approximate surface area is 350 Å². The van der Waals surface area contributed by atoms with Crippen LogP contribution in [-0.2, 0) is 16.2 Å². The first kappa shape index (κ1) is 36.9. The highest BCUT2D eigenvalue weighted by molar-refractivity contribution is 5.90. The van der Waals surface area contributed by atoms with Gasteiger partial charge < -0.3 is 9.80 Å². The van der Waals surface area contributed by atoms with Crippen molar-refractivity contribution in [2.75, 3.05) is 9.80 Å². The van der Waals surface area contributed by atoms with Crippen molar-refractivity contribution in [1.82, 2.24) is 0 Å². The fourth-order valence-electron chi connectivity index (χ4n) is 9.94. The lowest BCUT2D eigenvalue weighted by Crippen LogP contribution is -2.34. The SMILES string of the molecule is CC1(C)CCC(C)(C)c2cc(N(c3ccc(-c4ccc(N(c5ccccc5)c5ccc6ccccc6c5)cc4)cc3)c3ccc4c(c3)C(C)(C)c3ccccc3-4)ccc21. The first-order chi connectivity index (χ1) is 28.5. The van der Waals surface area contributed by atoms with Gasteiger partial charge in [0, 0.05) is 39.5 Å². The summed E-state index contributed by atoms with van der Waals surface area (Å²) >= 11 is 0. The highest BCUT2D eigenvalue weighted by Crippen LogP contribution is 2.52. The van der Waals surface area contributed by atoms with Crippen molar-refractivity contribution in [3.05, 3.63) is 204 Å². The first-order valence-electron chi connectivity index (χ1n) is 21.2. The van der Waals surface area contributed by atoms with Gasteiger partial charge in [0.2, 0.25) is 0 Å². The van der Waals surface area contributed by atoms with E-state index in [1.54, 1.807) is 0 Å². The maximum Gasteiger partial charge on any atom is 0.0468 e. The van der Waals surface area contributed by atoms with E-state index in [4.69, 9.17) is 0 Å². The van der Waals surface area contributed by atoms with Gasteiger partial charge in [-0.1, -0.05) is 151 Å². The van der Waals surface area contributed by atoms with Gasteiger partial charge in [-0.05, 0) is 152 Å². The van der Waals surface area contributed by atoms with E-state index in [9.17, 15) is 0 Å². The lowest BCUT2D eigenvalue weighted by molar-refractivity contribution is 0.332. The summed E-state index contributed by atoms with van der Waals surface area (Å²) in [6, 6.07) is 67.4. The number of nitrogens with zero attached hydrogens (tertiary/aromatic N) is 2. The molecule has 0 fully saturated rings. The lowest BCUT2D eigenvalue weighted by atomic mass is 9.63. The molecule has 2 heteroatoms. The van der Waals surface area contributed by atoms with E-state index < -0.39 is 0 Å². The highest BCUT2D eigenvalue weighted by Gasteiger charge is 2.38. The molecule has 290 valence electrons. The second-order valence-corrected chi connectivity index (χ2v) is 18.5. The molecule has 0 spiro atoms. The molecule has 0 aromatic heterocycles. The number of rotatable bonds is 7. The Morgan fingerprint density at radius 2 is 0.780 bits per heavy atom. The molecule has 0 saturated carbocycles. The van der Waals surface area contributed by atoms with Gasteiger partial charge in [-0.25, -0.2) is 0 Å². The topological polar surface area (TPSA) is 6.48 Å². The smallest absolute Gasteiger partial charge is 0.0468 e. The van der Waals surface area contributed by atoms with Crippen molar-refractivity contribution in [3.63, 3.8) is 0 Å². The van der Waals surface area contributed by atoms with E-state index in [-0.39, 0.29) is 16.2 Å². The number of benzene rings is 8. The minimum atomic E-state index is -0.0874. The van der Waals surface area contributed by atoms with E-state index in [2.05, 4.69) is 233 Å². The van der Waals surface area contributed by atoms with Gasteiger partial charge in [-0.15, -0.1) is 0 Å². The van der Waals surface area contributed by atoms with Crippen molar-refractivity contribution in [1.29, 1.82) is 0 Å². The third-order valence-electron chi connectivity index (χ3n) is 13.5. The van der Waals surface area contributed by atoms with Gasteiger partial charge in [-0.3, -0.25) is 0 Å². The van der Waals surface area contributed by atoms with Crippen molar-refractivity contribution in [2.24, 2.45) is 0 Å². The van der Waals surface area contributed by atoms with Crippen molar-refractivity contribution in [3.8, 4) is 22.3 Å². The van der Waals surface area contributed by atoms with Crippen LogP contribution in [-0.4, -0.2) is 0 Å².